The van der Waals surface area contributed by atoms with E-state index in [1.807, 2.05) is 0 Å². The number of carbonyl (C=O) groups excluding carboxylic acids is 1. The molecule has 0 amide bonds. The Kier molecular flexibility index (Phi) is 2.22. The Morgan fingerprint density at radius 2 is 1.81 bits per heavy atom. The molecule has 0 fully saturated rings. The van der Waals surface area contributed by atoms with Crippen molar-refractivity contribution < 1.29 is 17.4 Å². The average Bonchev–Trinajstić information content (AvgIpc) is 2.35. The quantitative estimate of drug-likeness (QED) is 0.620. The van der Waals surface area contributed by atoms with Crippen molar-refractivity contribution in [1.82, 2.24) is 0 Å². The van der Waals surface area contributed by atoms with Crippen LogP contribution in [0.25, 0.3) is 0 Å². The van der Waals surface area contributed by atoms with Gasteiger partial charge in [0.05, 0.1) is 2.74 Å². The second-order valence-corrected chi connectivity index (χ2v) is 3.07. The Balaban J connectivity index is 2.21. The molecular weight excluding hydrogens is 204 g/mol. The highest BCUT2D eigenvalue weighted by Gasteiger charge is 2.12. The molecule has 3 heteroatoms. The van der Waals surface area contributed by atoms with Crippen LogP contribution in [0, 0.1) is 0 Å². The van der Waals surface area contributed by atoms with Crippen LogP contribution in [0.1, 0.15) is 13.1 Å². The van der Waals surface area contributed by atoms with Gasteiger partial charge in [0.15, 0.2) is 0 Å². The zero-order valence-corrected chi connectivity index (χ0v) is 8.31. The SMILES string of the molecule is [2H]c1ccc(OC(=O)c2cc([2H])ccc2O)cc1. The van der Waals surface area contributed by atoms with Crippen LogP contribution in [0.4, 0.5) is 0 Å². The van der Waals surface area contributed by atoms with Gasteiger partial charge in [-0.1, -0.05) is 30.3 Å². The lowest BCUT2D eigenvalue weighted by atomic mass is 10.2. The van der Waals surface area contributed by atoms with Gasteiger partial charge in [-0.15, -0.1) is 0 Å². The summed E-state index contributed by atoms with van der Waals surface area (Å²) in [6, 6.07) is 10.3. The lowest BCUT2D eigenvalue weighted by molar-refractivity contribution is 0.0731. The van der Waals surface area contributed by atoms with E-state index in [-0.39, 0.29) is 23.1 Å². The summed E-state index contributed by atoms with van der Waals surface area (Å²) in [6.07, 6.45) is 0. The first kappa shape index (κ1) is 7.93. The molecule has 0 aliphatic heterocycles. The van der Waals surface area contributed by atoms with Crippen LogP contribution in [0.2, 0.25) is 0 Å². The van der Waals surface area contributed by atoms with Gasteiger partial charge in [-0.05, 0) is 24.3 Å². The zero-order valence-electron chi connectivity index (χ0n) is 10.3. The number of aromatic hydroxyl groups is 1. The van der Waals surface area contributed by atoms with E-state index < -0.39 is 5.97 Å². The minimum absolute atomic E-state index is 0.0579. The summed E-state index contributed by atoms with van der Waals surface area (Å²) in [7, 11) is 0. The maximum atomic E-state index is 11.8. The Morgan fingerprint density at radius 1 is 1.12 bits per heavy atom. The summed E-state index contributed by atoms with van der Waals surface area (Å²) >= 11 is 0. The second kappa shape index (κ2) is 4.49. The lowest BCUT2D eigenvalue weighted by Crippen LogP contribution is -2.08. The van der Waals surface area contributed by atoms with Crippen molar-refractivity contribution in [2.45, 2.75) is 0 Å². The van der Waals surface area contributed by atoms with Gasteiger partial charge in [0.25, 0.3) is 0 Å². The van der Waals surface area contributed by atoms with E-state index in [1.54, 1.807) is 0 Å². The van der Waals surface area contributed by atoms with Crippen molar-refractivity contribution in [1.29, 1.82) is 0 Å². The van der Waals surface area contributed by atoms with Crippen molar-refractivity contribution >= 4 is 5.97 Å². The van der Waals surface area contributed by atoms with Gasteiger partial charge in [-0.25, -0.2) is 4.79 Å². The molecule has 0 unspecified atom stereocenters. The van der Waals surface area contributed by atoms with E-state index in [2.05, 4.69) is 0 Å². The molecule has 3 nitrogen and oxygen atoms in total. The van der Waals surface area contributed by atoms with Gasteiger partial charge in [-0.2, -0.15) is 0 Å². The molecular formula is C13H10O3. The maximum absolute atomic E-state index is 11.8. The van der Waals surface area contributed by atoms with E-state index in [9.17, 15) is 9.90 Å². The number of phenols is 1. The van der Waals surface area contributed by atoms with Crippen molar-refractivity contribution in [3.05, 3.63) is 60.1 Å². The predicted molar refractivity (Wildman–Crippen MR) is 59.5 cm³/mol. The Morgan fingerprint density at radius 3 is 2.56 bits per heavy atom. The maximum Gasteiger partial charge on any atom is 0.347 e. The Labute approximate surface area is 95.7 Å². The first-order valence-electron chi connectivity index (χ1n) is 5.65. The van der Waals surface area contributed by atoms with E-state index in [4.69, 9.17) is 7.48 Å². The lowest BCUT2D eigenvalue weighted by Gasteiger charge is -2.04. The van der Waals surface area contributed by atoms with Crippen molar-refractivity contribution in [2.75, 3.05) is 0 Å². The number of benzene rings is 2. The number of carbonyl (C=O) groups is 1. The van der Waals surface area contributed by atoms with Gasteiger partial charge in [-0.3, -0.25) is 0 Å². The normalized spacial score (nSPS) is 11.5. The fraction of sp³-hybridized carbons (Fsp3) is 0. The van der Waals surface area contributed by atoms with Crippen LogP contribution < -0.4 is 4.74 Å². The van der Waals surface area contributed by atoms with Gasteiger partial charge < -0.3 is 9.84 Å². The van der Waals surface area contributed by atoms with E-state index in [0.29, 0.717) is 6.04 Å². The summed E-state index contributed by atoms with van der Waals surface area (Å²) < 4.78 is 19.7. The monoisotopic (exact) mass is 216 g/mol. The third-order valence-electron chi connectivity index (χ3n) is 1.96. The number of hydrogen-bond donors (Lipinski definition) is 1. The van der Waals surface area contributed by atoms with E-state index in [0.717, 1.165) is 0 Å². The number of hydrogen-bond acceptors (Lipinski definition) is 3. The standard InChI is InChI=1S/C13H10O3/c14-12-9-5-4-8-11(12)13(15)16-10-6-2-1-3-7-10/h1-9,14H/i1D,4D. The average molecular weight is 216 g/mol. The van der Waals surface area contributed by atoms with Crippen molar-refractivity contribution in [2.24, 2.45) is 0 Å². The first-order valence-corrected chi connectivity index (χ1v) is 4.65. The number of ether oxygens (including phenoxy) is 1. The third-order valence-corrected chi connectivity index (χ3v) is 1.96. The molecule has 0 spiro atoms. The molecule has 0 atom stereocenters. The number of rotatable bonds is 2. The van der Waals surface area contributed by atoms with Gasteiger partial charge in [0, 0.05) is 0 Å². The molecule has 0 aromatic heterocycles. The Hall–Kier alpha value is -2.29. The topological polar surface area (TPSA) is 46.5 Å². The van der Waals surface area contributed by atoms with Crippen molar-refractivity contribution in [3.8, 4) is 11.5 Å². The van der Waals surface area contributed by atoms with Crippen LogP contribution in [0.15, 0.2) is 54.5 Å². The van der Waals surface area contributed by atoms with Gasteiger partial charge >= 0.3 is 5.97 Å². The molecule has 16 heavy (non-hydrogen) atoms. The fourth-order valence-corrected chi connectivity index (χ4v) is 1.19. The highest BCUT2D eigenvalue weighted by Crippen LogP contribution is 2.18. The third kappa shape index (κ3) is 2.20. The van der Waals surface area contributed by atoms with E-state index in [1.165, 1.54) is 42.5 Å². The molecule has 0 radical (unpaired) electrons. The van der Waals surface area contributed by atoms with Crippen LogP contribution in [0.5, 0.6) is 11.5 Å². The summed E-state index contributed by atoms with van der Waals surface area (Å²) in [5.41, 5.74) is -0.0579. The molecule has 2 aromatic rings. The number of phenolic OH excluding ortho intramolecular Hbond substituents is 1. The zero-order chi connectivity index (χ0) is 13.1. The molecule has 0 saturated carbocycles. The van der Waals surface area contributed by atoms with Crippen LogP contribution in [-0.4, -0.2) is 11.1 Å². The molecule has 1 N–H and O–H groups in total. The minimum atomic E-state index is -0.737. The molecule has 2 aromatic carbocycles. The molecule has 0 aliphatic rings. The molecule has 2 rings (SSSR count). The summed E-state index contributed by atoms with van der Waals surface area (Å²) in [5.74, 6) is -0.682. The van der Waals surface area contributed by atoms with Gasteiger partial charge in [0.1, 0.15) is 17.1 Å². The highest BCUT2D eigenvalue weighted by atomic mass is 16.5. The summed E-state index contributed by atoms with van der Waals surface area (Å²) in [5, 5.41) is 9.51. The number of para-hydroxylation sites is 2. The summed E-state index contributed by atoms with van der Waals surface area (Å²) in [6.45, 7) is 0. The Bertz CT molecular complexity index is 579. The molecule has 0 bridgehead atoms. The van der Waals surface area contributed by atoms with Gasteiger partial charge in [0.2, 0.25) is 0 Å². The van der Waals surface area contributed by atoms with Crippen LogP contribution in [-0.2, 0) is 0 Å². The first-order chi connectivity index (χ1) is 8.56. The second-order valence-electron chi connectivity index (χ2n) is 3.07. The highest BCUT2D eigenvalue weighted by molar-refractivity contribution is 5.93. The van der Waals surface area contributed by atoms with Crippen molar-refractivity contribution in [3.63, 3.8) is 0 Å². The van der Waals surface area contributed by atoms with Crippen LogP contribution in [0.3, 0.4) is 0 Å². The number of esters is 1. The smallest absolute Gasteiger partial charge is 0.347 e. The summed E-state index contributed by atoms with van der Waals surface area (Å²) in [4.78, 5) is 11.8. The molecule has 0 aliphatic carbocycles. The largest absolute Gasteiger partial charge is 0.507 e. The fourth-order valence-electron chi connectivity index (χ4n) is 1.19. The molecule has 0 saturated heterocycles. The minimum Gasteiger partial charge on any atom is -0.507 e. The molecule has 80 valence electrons. The van der Waals surface area contributed by atoms with E-state index >= 15 is 0 Å². The molecule has 0 heterocycles. The predicted octanol–water partition coefficient (Wildman–Crippen LogP) is 2.61. The van der Waals surface area contributed by atoms with Crippen LogP contribution >= 0.6 is 0 Å².